The van der Waals surface area contributed by atoms with E-state index in [1.165, 1.54) is 4.90 Å². The monoisotopic (exact) mass is 555 g/mol. The number of rotatable bonds is 10. The van der Waals surface area contributed by atoms with Crippen LogP contribution in [-0.4, -0.2) is 49.5 Å². The van der Waals surface area contributed by atoms with Gasteiger partial charge in [-0.15, -0.1) is 0 Å². The smallest absolute Gasteiger partial charge is 0.244 e. The van der Waals surface area contributed by atoms with Crippen LogP contribution >= 0.6 is 11.6 Å². The summed E-state index contributed by atoms with van der Waals surface area (Å²) < 4.78 is 26.6. The molecule has 38 heavy (non-hydrogen) atoms. The molecule has 0 saturated carbocycles. The van der Waals surface area contributed by atoms with Gasteiger partial charge in [-0.2, -0.15) is 0 Å². The quantitative estimate of drug-likeness (QED) is 0.394. The van der Waals surface area contributed by atoms with Gasteiger partial charge in [-0.1, -0.05) is 84.4 Å². The molecule has 1 atom stereocenters. The van der Waals surface area contributed by atoms with E-state index in [-0.39, 0.29) is 29.6 Å². The maximum Gasteiger partial charge on any atom is 0.244 e. The van der Waals surface area contributed by atoms with Crippen molar-refractivity contribution in [2.24, 2.45) is 0 Å². The van der Waals surface area contributed by atoms with E-state index in [9.17, 15) is 18.0 Å². The Morgan fingerprint density at radius 2 is 1.39 bits per heavy atom. The normalized spacial score (nSPS) is 12.4. The van der Waals surface area contributed by atoms with Crippen molar-refractivity contribution >= 4 is 39.1 Å². The van der Waals surface area contributed by atoms with Gasteiger partial charge in [0.25, 0.3) is 0 Å². The molecule has 3 rings (SSSR count). The lowest BCUT2D eigenvalue weighted by Gasteiger charge is -2.35. The Bertz CT molecular complexity index is 1340. The summed E-state index contributed by atoms with van der Waals surface area (Å²) >= 11 is 6.32. The van der Waals surface area contributed by atoms with Crippen molar-refractivity contribution < 1.29 is 18.0 Å². The first-order valence-electron chi connectivity index (χ1n) is 12.3. The third-order valence-corrected chi connectivity index (χ3v) is 7.21. The third-order valence-electron chi connectivity index (χ3n) is 5.77. The zero-order valence-electron chi connectivity index (χ0n) is 22.1. The van der Waals surface area contributed by atoms with Gasteiger partial charge in [-0.3, -0.25) is 13.9 Å². The standard InChI is InChI=1S/C29H34ClN3O4S/c1-29(2,3)31-28(35)26(19-22-13-7-5-8-14-22)32(20-23-15-9-6-10-16-23)27(34)21-33(38(4,36)37)25-18-12-11-17-24(25)30/h5-18,26H,19-21H2,1-4H3,(H,31,35)/t26-/m0/s1. The maximum absolute atomic E-state index is 14.0. The molecule has 1 N–H and O–H groups in total. The van der Waals surface area contributed by atoms with Gasteiger partial charge in [0.2, 0.25) is 21.8 Å². The van der Waals surface area contributed by atoms with E-state index in [1.807, 2.05) is 81.4 Å². The van der Waals surface area contributed by atoms with Crippen LogP contribution in [0.2, 0.25) is 5.02 Å². The molecular weight excluding hydrogens is 522 g/mol. The van der Waals surface area contributed by atoms with Gasteiger partial charge in [0.1, 0.15) is 12.6 Å². The fourth-order valence-electron chi connectivity index (χ4n) is 4.04. The van der Waals surface area contributed by atoms with E-state index in [2.05, 4.69) is 5.32 Å². The number of amides is 2. The van der Waals surface area contributed by atoms with Crippen molar-refractivity contribution in [2.45, 2.75) is 45.3 Å². The molecule has 202 valence electrons. The number of sulfonamides is 1. The molecule has 0 fully saturated rings. The van der Waals surface area contributed by atoms with E-state index in [0.29, 0.717) is 0 Å². The number of benzene rings is 3. The summed E-state index contributed by atoms with van der Waals surface area (Å²) in [6.45, 7) is 5.22. The van der Waals surface area contributed by atoms with E-state index in [4.69, 9.17) is 11.6 Å². The fraction of sp³-hybridized carbons (Fsp3) is 0.310. The molecule has 0 saturated heterocycles. The molecule has 0 unspecified atom stereocenters. The van der Waals surface area contributed by atoms with Crippen molar-refractivity contribution in [2.75, 3.05) is 17.1 Å². The van der Waals surface area contributed by atoms with Crippen LogP contribution in [0.5, 0.6) is 0 Å². The molecule has 3 aromatic rings. The second-order valence-corrected chi connectivity index (χ2v) is 12.5. The molecule has 0 radical (unpaired) electrons. The second kappa shape index (κ2) is 12.5. The van der Waals surface area contributed by atoms with Crippen molar-refractivity contribution in [3.05, 3.63) is 101 Å². The Morgan fingerprint density at radius 3 is 1.92 bits per heavy atom. The van der Waals surface area contributed by atoms with Gasteiger partial charge in [0.05, 0.1) is 17.0 Å². The Hall–Kier alpha value is -3.36. The number of hydrogen-bond donors (Lipinski definition) is 1. The Morgan fingerprint density at radius 1 is 0.868 bits per heavy atom. The SMILES string of the molecule is CC(C)(C)NC(=O)[C@H](Cc1ccccc1)N(Cc1ccccc1)C(=O)CN(c1ccccc1Cl)S(C)(=O)=O. The minimum Gasteiger partial charge on any atom is -0.350 e. The predicted octanol–water partition coefficient (Wildman–Crippen LogP) is 4.66. The highest BCUT2D eigenvalue weighted by Crippen LogP contribution is 2.27. The van der Waals surface area contributed by atoms with Gasteiger partial charge in [-0.25, -0.2) is 8.42 Å². The number of nitrogens with zero attached hydrogens (tertiary/aromatic N) is 2. The number of hydrogen-bond acceptors (Lipinski definition) is 4. The molecule has 0 aromatic heterocycles. The van der Waals surface area contributed by atoms with Crippen LogP contribution in [0.3, 0.4) is 0 Å². The molecule has 0 heterocycles. The summed E-state index contributed by atoms with van der Waals surface area (Å²) in [7, 11) is -3.87. The number of carbonyl (C=O) groups excluding carboxylic acids is 2. The lowest BCUT2D eigenvalue weighted by molar-refractivity contribution is -0.140. The molecular formula is C29H34ClN3O4S. The minimum absolute atomic E-state index is 0.120. The number of halogens is 1. The molecule has 0 aliphatic rings. The van der Waals surface area contributed by atoms with Crippen molar-refractivity contribution in [3.63, 3.8) is 0 Å². The summed E-state index contributed by atoms with van der Waals surface area (Å²) in [5.41, 5.74) is 1.34. The number of anilines is 1. The van der Waals surface area contributed by atoms with Crippen molar-refractivity contribution in [1.82, 2.24) is 10.2 Å². The lowest BCUT2D eigenvalue weighted by atomic mass is 10.0. The van der Waals surface area contributed by atoms with Crippen LogP contribution in [-0.2, 0) is 32.6 Å². The Balaban J connectivity index is 2.06. The summed E-state index contributed by atoms with van der Waals surface area (Å²) in [6, 6.07) is 24.3. The molecule has 2 amide bonds. The van der Waals surface area contributed by atoms with Crippen LogP contribution in [0.15, 0.2) is 84.9 Å². The number of para-hydroxylation sites is 1. The molecule has 0 bridgehead atoms. The highest BCUT2D eigenvalue weighted by molar-refractivity contribution is 7.92. The highest BCUT2D eigenvalue weighted by Gasteiger charge is 2.34. The number of nitrogens with one attached hydrogen (secondary N) is 1. The van der Waals surface area contributed by atoms with Gasteiger partial charge < -0.3 is 10.2 Å². The highest BCUT2D eigenvalue weighted by atomic mass is 35.5. The van der Waals surface area contributed by atoms with E-state index < -0.39 is 34.1 Å². The van der Waals surface area contributed by atoms with Crippen molar-refractivity contribution in [3.8, 4) is 0 Å². The van der Waals surface area contributed by atoms with Crippen LogP contribution in [0.25, 0.3) is 0 Å². The summed E-state index contributed by atoms with van der Waals surface area (Å²) in [4.78, 5) is 29.1. The summed E-state index contributed by atoms with van der Waals surface area (Å²) in [6.07, 6.45) is 1.28. The fourth-order valence-corrected chi connectivity index (χ4v) is 5.19. The zero-order chi connectivity index (χ0) is 27.9. The average Bonchev–Trinajstić information content (AvgIpc) is 2.84. The van der Waals surface area contributed by atoms with Crippen molar-refractivity contribution in [1.29, 1.82) is 0 Å². The Kier molecular flexibility index (Phi) is 9.57. The Labute approximate surface area is 230 Å². The van der Waals surface area contributed by atoms with E-state index in [1.54, 1.807) is 24.3 Å². The zero-order valence-corrected chi connectivity index (χ0v) is 23.7. The van der Waals surface area contributed by atoms with Gasteiger partial charge >= 0.3 is 0 Å². The third kappa shape index (κ3) is 8.33. The first kappa shape index (κ1) is 29.2. The molecule has 0 aliphatic heterocycles. The first-order chi connectivity index (χ1) is 17.8. The lowest BCUT2D eigenvalue weighted by Crippen LogP contribution is -2.56. The summed E-state index contributed by atoms with van der Waals surface area (Å²) in [5, 5.41) is 3.20. The van der Waals surface area contributed by atoms with E-state index >= 15 is 0 Å². The average molecular weight is 556 g/mol. The second-order valence-electron chi connectivity index (χ2n) is 10.2. The molecule has 0 aliphatic carbocycles. The molecule has 3 aromatic carbocycles. The van der Waals surface area contributed by atoms with Crippen LogP contribution in [0.1, 0.15) is 31.9 Å². The van der Waals surface area contributed by atoms with E-state index in [0.717, 1.165) is 21.7 Å². The van der Waals surface area contributed by atoms with Crippen LogP contribution < -0.4 is 9.62 Å². The minimum atomic E-state index is -3.87. The molecule has 9 heteroatoms. The largest absolute Gasteiger partial charge is 0.350 e. The van der Waals surface area contributed by atoms with Crippen LogP contribution in [0, 0.1) is 0 Å². The van der Waals surface area contributed by atoms with Crippen LogP contribution in [0.4, 0.5) is 5.69 Å². The molecule has 0 spiro atoms. The van der Waals surface area contributed by atoms with Gasteiger partial charge in [-0.05, 0) is 44.0 Å². The predicted molar refractivity (Wildman–Crippen MR) is 152 cm³/mol. The topological polar surface area (TPSA) is 86.8 Å². The number of carbonyl (C=O) groups is 2. The maximum atomic E-state index is 14.0. The van der Waals surface area contributed by atoms with Gasteiger partial charge in [0, 0.05) is 18.5 Å². The summed E-state index contributed by atoms with van der Waals surface area (Å²) in [5.74, 6) is -0.849. The van der Waals surface area contributed by atoms with Gasteiger partial charge in [0.15, 0.2) is 0 Å². The first-order valence-corrected chi connectivity index (χ1v) is 14.5. The molecule has 7 nitrogen and oxygen atoms in total.